The van der Waals surface area contributed by atoms with Crippen molar-refractivity contribution in [1.29, 1.82) is 0 Å². The third-order valence-corrected chi connectivity index (χ3v) is 3.49. The molecule has 1 fully saturated rings. The van der Waals surface area contributed by atoms with Crippen molar-refractivity contribution >= 4 is 5.91 Å². The number of ether oxygens (including phenoxy) is 1. The Morgan fingerprint density at radius 1 is 1.56 bits per heavy atom. The summed E-state index contributed by atoms with van der Waals surface area (Å²) in [7, 11) is 0. The first-order valence-electron chi connectivity index (χ1n) is 6.96. The fourth-order valence-corrected chi connectivity index (χ4v) is 2.45. The largest absolute Gasteiger partial charge is 0.382 e. The zero-order valence-electron chi connectivity index (χ0n) is 11.7. The van der Waals surface area contributed by atoms with E-state index in [0.717, 1.165) is 45.7 Å². The lowest BCUT2D eigenvalue weighted by Gasteiger charge is -2.37. The van der Waals surface area contributed by atoms with Crippen LogP contribution in [0.2, 0.25) is 0 Å². The SMILES string of the molecule is CCOCCCN1CCC(NC(=O)CN)C(C)C1. The van der Waals surface area contributed by atoms with Crippen molar-refractivity contribution in [2.45, 2.75) is 32.7 Å². The van der Waals surface area contributed by atoms with E-state index in [1.54, 1.807) is 0 Å². The molecule has 0 radical (unpaired) electrons. The lowest BCUT2D eigenvalue weighted by Crippen LogP contribution is -2.51. The van der Waals surface area contributed by atoms with Gasteiger partial charge in [0.15, 0.2) is 0 Å². The van der Waals surface area contributed by atoms with Gasteiger partial charge in [0, 0.05) is 38.9 Å². The highest BCUT2D eigenvalue weighted by Crippen LogP contribution is 2.16. The Bertz CT molecular complexity index is 248. The average molecular weight is 257 g/mol. The Labute approximate surface area is 110 Å². The monoisotopic (exact) mass is 257 g/mol. The van der Waals surface area contributed by atoms with Crippen molar-refractivity contribution in [2.75, 3.05) is 39.4 Å². The fraction of sp³-hybridized carbons (Fsp3) is 0.923. The molecule has 2 atom stereocenters. The zero-order chi connectivity index (χ0) is 13.4. The van der Waals surface area contributed by atoms with Crippen molar-refractivity contribution in [3.63, 3.8) is 0 Å². The minimum atomic E-state index is -0.0448. The summed E-state index contributed by atoms with van der Waals surface area (Å²) in [6, 6.07) is 0.282. The molecule has 0 aromatic carbocycles. The predicted molar refractivity (Wildman–Crippen MR) is 72.3 cm³/mol. The van der Waals surface area contributed by atoms with Gasteiger partial charge in [-0.3, -0.25) is 4.79 Å². The molecule has 0 bridgehead atoms. The van der Waals surface area contributed by atoms with Crippen LogP contribution in [-0.4, -0.2) is 56.2 Å². The van der Waals surface area contributed by atoms with Gasteiger partial charge < -0.3 is 20.7 Å². The summed E-state index contributed by atoms with van der Waals surface area (Å²) in [5, 5.41) is 3.00. The van der Waals surface area contributed by atoms with Crippen molar-refractivity contribution in [3.8, 4) is 0 Å². The molecule has 1 aliphatic heterocycles. The molecule has 1 heterocycles. The Morgan fingerprint density at radius 2 is 2.33 bits per heavy atom. The number of nitrogens with zero attached hydrogens (tertiary/aromatic N) is 1. The third kappa shape index (κ3) is 5.33. The van der Waals surface area contributed by atoms with Gasteiger partial charge in [-0.15, -0.1) is 0 Å². The maximum atomic E-state index is 11.3. The molecule has 1 saturated heterocycles. The zero-order valence-corrected chi connectivity index (χ0v) is 11.7. The number of hydrogen-bond acceptors (Lipinski definition) is 4. The van der Waals surface area contributed by atoms with Crippen LogP contribution < -0.4 is 11.1 Å². The van der Waals surface area contributed by atoms with Crippen LogP contribution >= 0.6 is 0 Å². The highest BCUT2D eigenvalue weighted by molar-refractivity contribution is 5.78. The molecule has 0 aromatic rings. The number of carbonyl (C=O) groups is 1. The molecule has 1 amide bonds. The van der Waals surface area contributed by atoms with Gasteiger partial charge in [-0.1, -0.05) is 6.92 Å². The number of carbonyl (C=O) groups excluding carboxylic acids is 1. The van der Waals surface area contributed by atoms with Crippen LogP contribution in [0.4, 0.5) is 0 Å². The predicted octanol–water partition coefficient (Wildman–Crippen LogP) is 0.198. The van der Waals surface area contributed by atoms with Crippen LogP contribution in [0.1, 0.15) is 26.7 Å². The lowest BCUT2D eigenvalue weighted by atomic mass is 9.93. The second-order valence-corrected chi connectivity index (χ2v) is 5.00. The summed E-state index contributed by atoms with van der Waals surface area (Å²) in [5.74, 6) is 0.443. The van der Waals surface area contributed by atoms with Crippen LogP contribution in [0.25, 0.3) is 0 Å². The minimum Gasteiger partial charge on any atom is -0.382 e. The third-order valence-electron chi connectivity index (χ3n) is 3.49. The second kappa shape index (κ2) is 8.45. The molecule has 0 aliphatic carbocycles. The van der Waals surface area contributed by atoms with Gasteiger partial charge in [-0.05, 0) is 25.7 Å². The van der Waals surface area contributed by atoms with E-state index in [1.807, 2.05) is 6.92 Å². The van der Waals surface area contributed by atoms with E-state index >= 15 is 0 Å². The number of rotatable bonds is 7. The number of amides is 1. The van der Waals surface area contributed by atoms with Gasteiger partial charge >= 0.3 is 0 Å². The molecular weight excluding hydrogens is 230 g/mol. The minimum absolute atomic E-state index is 0.0448. The van der Waals surface area contributed by atoms with E-state index in [4.69, 9.17) is 10.5 Å². The van der Waals surface area contributed by atoms with Gasteiger partial charge in [0.25, 0.3) is 0 Å². The number of nitrogens with two attached hydrogens (primary N) is 1. The van der Waals surface area contributed by atoms with Crippen LogP contribution in [0, 0.1) is 5.92 Å². The average Bonchev–Trinajstić information content (AvgIpc) is 2.37. The molecule has 5 heteroatoms. The lowest BCUT2D eigenvalue weighted by molar-refractivity contribution is -0.121. The summed E-state index contributed by atoms with van der Waals surface area (Å²) in [6.07, 6.45) is 2.10. The maximum Gasteiger partial charge on any atom is 0.233 e. The first kappa shape index (κ1) is 15.4. The summed E-state index contributed by atoms with van der Waals surface area (Å²) in [6.45, 7) is 9.11. The molecule has 1 rings (SSSR count). The fourth-order valence-electron chi connectivity index (χ4n) is 2.45. The molecule has 0 saturated carbocycles. The van der Waals surface area contributed by atoms with E-state index in [0.29, 0.717) is 5.92 Å². The highest BCUT2D eigenvalue weighted by Gasteiger charge is 2.26. The molecule has 1 aliphatic rings. The first-order valence-corrected chi connectivity index (χ1v) is 6.96. The van der Waals surface area contributed by atoms with E-state index in [2.05, 4.69) is 17.1 Å². The van der Waals surface area contributed by atoms with E-state index < -0.39 is 0 Å². The second-order valence-electron chi connectivity index (χ2n) is 5.00. The Hall–Kier alpha value is -0.650. The van der Waals surface area contributed by atoms with Gasteiger partial charge in [-0.25, -0.2) is 0 Å². The van der Waals surface area contributed by atoms with E-state index in [9.17, 15) is 4.79 Å². The number of piperidine rings is 1. The van der Waals surface area contributed by atoms with Crippen molar-refractivity contribution in [2.24, 2.45) is 11.7 Å². The van der Waals surface area contributed by atoms with Crippen molar-refractivity contribution in [3.05, 3.63) is 0 Å². The quantitative estimate of drug-likeness (QED) is 0.639. The number of likely N-dealkylation sites (tertiary alicyclic amines) is 1. The molecule has 2 unspecified atom stereocenters. The molecule has 18 heavy (non-hydrogen) atoms. The van der Waals surface area contributed by atoms with Crippen LogP contribution in [-0.2, 0) is 9.53 Å². The molecule has 3 N–H and O–H groups in total. The smallest absolute Gasteiger partial charge is 0.233 e. The van der Waals surface area contributed by atoms with Gasteiger partial charge in [-0.2, -0.15) is 0 Å². The van der Waals surface area contributed by atoms with Crippen LogP contribution in [0.5, 0.6) is 0 Å². The van der Waals surface area contributed by atoms with E-state index in [-0.39, 0.29) is 18.5 Å². The van der Waals surface area contributed by atoms with Crippen molar-refractivity contribution in [1.82, 2.24) is 10.2 Å². The van der Waals surface area contributed by atoms with E-state index in [1.165, 1.54) is 0 Å². The summed E-state index contributed by atoms with van der Waals surface area (Å²) in [5.41, 5.74) is 5.32. The van der Waals surface area contributed by atoms with Gasteiger partial charge in [0.1, 0.15) is 0 Å². The molecular formula is C13H27N3O2. The maximum absolute atomic E-state index is 11.3. The van der Waals surface area contributed by atoms with Gasteiger partial charge in [0.2, 0.25) is 5.91 Å². The number of hydrogen-bond donors (Lipinski definition) is 2. The van der Waals surface area contributed by atoms with Gasteiger partial charge in [0.05, 0.1) is 6.54 Å². The summed E-state index contributed by atoms with van der Waals surface area (Å²) >= 11 is 0. The number of nitrogens with one attached hydrogen (secondary N) is 1. The first-order chi connectivity index (χ1) is 8.67. The molecule has 0 spiro atoms. The summed E-state index contributed by atoms with van der Waals surface area (Å²) < 4.78 is 5.34. The Morgan fingerprint density at radius 3 is 2.94 bits per heavy atom. The Kier molecular flexibility index (Phi) is 7.23. The summed E-state index contributed by atoms with van der Waals surface area (Å²) in [4.78, 5) is 13.7. The molecule has 5 nitrogen and oxygen atoms in total. The highest BCUT2D eigenvalue weighted by atomic mass is 16.5. The Balaban J connectivity index is 2.21. The van der Waals surface area contributed by atoms with Crippen LogP contribution in [0.3, 0.4) is 0 Å². The topological polar surface area (TPSA) is 67.6 Å². The normalized spacial score (nSPS) is 25.1. The van der Waals surface area contributed by atoms with Crippen LogP contribution in [0.15, 0.2) is 0 Å². The molecule has 106 valence electrons. The molecule has 0 aromatic heterocycles. The van der Waals surface area contributed by atoms with Crippen molar-refractivity contribution < 1.29 is 9.53 Å². The standard InChI is InChI=1S/C13H27N3O2/c1-3-18-8-4-6-16-7-5-12(11(2)10-16)15-13(17)9-14/h11-12H,3-10,14H2,1-2H3,(H,15,17).